The van der Waals surface area contributed by atoms with Crippen molar-refractivity contribution in [1.29, 1.82) is 0 Å². The summed E-state index contributed by atoms with van der Waals surface area (Å²) in [4.78, 5) is 29.3. The number of hydrogen-bond donors (Lipinski definition) is 0. The number of morpholine rings is 1. The van der Waals surface area contributed by atoms with Gasteiger partial charge in [-0.2, -0.15) is 0 Å². The number of piperidine rings is 1. The van der Waals surface area contributed by atoms with Gasteiger partial charge < -0.3 is 19.0 Å². The molecule has 1 aromatic heterocycles. The van der Waals surface area contributed by atoms with Crippen LogP contribution in [0.5, 0.6) is 0 Å². The number of carbonyl (C=O) groups is 2. The second-order valence-electron chi connectivity index (χ2n) is 7.08. The van der Waals surface area contributed by atoms with Gasteiger partial charge in [-0.05, 0) is 37.1 Å². The summed E-state index contributed by atoms with van der Waals surface area (Å²) in [5.41, 5.74) is 1.58. The monoisotopic (exact) mass is 368 g/mol. The van der Waals surface area contributed by atoms with Gasteiger partial charge in [-0.1, -0.05) is 12.1 Å². The van der Waals surface area contributed by atoms with E-state index in [4.69, 9.17) is 9.15 Å². The Morgan fingerprint density at radius 1 is 0.963 bits per heavy atom. The lowest BCUT2D eigenvalue weighted by atomic mass is 9.95. The number of carbonyl (C=O) groups excluding carboxylic acids is 2. The Kier molecular flexibility index (Phi) is 5.25. The van der Waals surface area contributed by atoms with E-state index in [-0.39, 0.29) is 17.7 Å². The van der Waals surface area contributed by atoms with Crippen LogP contribution in [0.1, 0.15) is 23.2 Å². The lowest BCUT2D eigenvalue weighted by Crippen LogP contribution is -2.49. The summed E-state index contributed by atoms with van der Waals surface area (Å²) in [6.07, 6.45) is 3.34. The van der Waals surface area contributed by atoms with Crippen LogP contribution < -0.4 is 0 Å². The predicted molar refractivity (Wildman–Crippen MR) is 100 cm³/mol. The zero-order valence-electron chi connectivity index (χ0n) is 15.3. The number of rotatable bonds is 3. The van der Waals surface area contributed by atoms with E-state index in [1.165, 1.54) is 0 Å². The summed E-state index contributed by atoms with van der Waals surface area (Å²) < 4.78 is 10.7. The van der Waals surface area contributed by atoms with Crippen molar-refractivity contribution in [1.82, 2.24) is 9.80 Å². The van der Waals surface area contributed by atoms with Crippen molar-refractivity contribution in [2.75, 3.05) is 39.4 Å². The number of likely N-dealkylation sites (tertiary alicyclic amines) is 1. The van der Waals surface area contributed by atoms with Gasteiger partial charge in [0.2, 0.25) is 5.91 Å². The molecule has 0 N–H and O–H groups in total. The van der Waals surface area contributed by atoms with Crippen LogP contribution in [0.3, 0.4) is 0 Å². The van der Waals surface area contributed by atoms with E-state index in [9.17, 15) is 9.59 Å². The highest BCUT2D eigenvalue weighted by atomic mass is 16.5. The largest absolute Gasteiger partial charge is 0.464 e. The molecule has 2 fully saturated rings. The van der Waals surface area contributed by atoms with E-state index in [1.54, 1.807) is 6.26 Å². The molecule has 1 atom stereocenters. The molecule has 1 aromatic carbocycles. The molecule has 2 saturated heterocycles. The first kappa shape index (κ1) is 17.8. The Labute approximate surface area is 158 Å². The molecule has 2 aromatic rings. The standard InChI is InChI=1S/C21H24N2O4/c24-20(17-7-5-16(6-8-17)19-4-2-12-27-19)23-9-1-3-18(15-23)21(25)22-10-13-26-14-11-22/h2,4-8,12,18H,1,3,9-11,13-15H2/t18-/m1/s1. The highest BCUT2D eigenvalue weighted by Gasteiger charge is 2.32. The molecule has 3 heterocycles. The van der Waals surface area contributed by atoms with Gasteiger partial charge in [0.1, 0.15) is 5.76 Å². The SMILES string of the molecule is O=C(c1ccc(-c2ccco2)cc1)N1CCC[C@@H](C(=O)N2CCOCC2)C1. The summed E-state index contributed by atoms with van der Waals surface area (Å²) in [6, 6.07) is 11.2. The van der Waals surface area contributed by atoms with E-state index in [0.29, 0.717) is 45.0 Å². The van der Waals surface area contributed by atoms with Crippen LogP contribution in [0.2, 0.25) is 0 Å². The molecular formula is C21H24N2O4. The van der Waals surface area contributed by atoms with Crippen molar-refractivity contribution in [3.63, 3.8) is 0 Å². The van der Waals surface area contributed by atoms with Crippen molar-refractivity contribution < 1.29 is 18.7 Å². The lowest BCUT2D eigenvalue weighted by molar-refractivity contribution is -0.141. The van der Waals surface area contributed by atoms with Gasteiger partial charge in [0.15, 0.2) is 0 Å². The van der Waals surface area contributed by atoms with E-state index < -0.39 is 0 Å². The molecule has 2 aliphatic heterocycles. The molecule has 0 radical (unpaired) electrons. The molecule has 6 nitrogen and oxygen atoms in total. The molecule has 0 saturated carbocycles. The molecule has 0 bridgehead atoms. The first-order valence-electron chi connectivity index (χ1n) is 9.52. The molecule has 2 amide bonds. The second kappa shape index (κ2) is 7.96. The molecule has 27 heavy (non-hydrogen) atoms. The summed E-state index contributed by atoms with van der Waals surface area (Å²) in [7, 11) is 0. The summed E-state index contributed by atoms with van der Waals surface area (Å²) in [5.74, 6) is 0.816. The lowest BCUT2D eigenvalue weighted by Gasteiger charge is -2.36. The molecule has 6 heteroatoms. The van der Waals surface area contributed by atoms with Crippen molar-refractivity contribution in [3.8, 4) is 11.3 Å². The number of amides is 2. The van der Waals surface area contributed by atoms with Crippen LogP contribution in [0.4, 0.5) is 0 Å². The summed E-state index contributed by atoms with van der Waals surface area (Å²) in [5, 5.41) is 0. The highest BCUT2D eigenvalue weighted by molar-refractivity contribution is 5.95. The minimum absolute atomic E-state index is 0.0135. The first-order valence-corrected chi connectivity index (χ1v) is 9.52. The molecule has 142 valence electrons. The van der Waals surface area contributed by atoms with Gasteiger partial charge in [0.05, 0.1) is 25.4 Å². The fourth-order valence-electron chi connectivity index (χ4n) is 3.81. The Morgan fingerprint density at radius 2 is 1.74 bits per heavy atom. The molecule has 0 aliphatic carbocycles. The molecule has 2 aliphatic rings. The summed E-state index contributed by atoms with van der Waals surface area (Å²) >= 11 is 0. The number of hydrogen-bond acceptors (Lipinski definition) is 4. The average molecular weight is 368 g/mol. The van der Waals surface area contributed by atoms with Gasteiger partial charge in [-0.3, -0.25) is 9.59 Å². The zero-order valence-corrected chi connectivity index (χ0v) is 15.3. The van der Waals surface area contributed by atoms with Gasteiger partial charge >= 0.3 is 0 Å². The maximum atomic E-state index is 12.9. The minimum Gasteiger partial charge on any atom is -0.464 e. The average Bonchev–Trinajstić information content (AvgIpc) is 3.28. The van der Waals surface area contributed by atoms with Gasteiger partial charge in [0, 0.05) is 37.3 Å². The predicted octanol–water partition coefficient (Wildman–Crippen LogP) is 2.66. The summed E-state index contributed by atoms with van der Waals surface area (Å²) in [6.45, 7) is 3.70. The number of furan rings is 1. The molecular weight excluding hydrogens is 344 g/mol. The molecule has 0 spiro atoms. The van der Waals surface area contributed by atoms with Crippen LogP contribution in [0, 0.1) is 5.92 Å². The van der Waals surface area contributed by atoms with E-state index in [0.717, 1.165) is 24.2 Å². The minimum atomic E-state index is -0.108. The Balaban J connectivity index is 1.41. The van der Waals surface area contributed by atoms with Crippen LogP contribution in [-0.4, -0.2) is 61.0 Å². The maximum absolute atomic E-state index is 12.9. The number of nitrogens with zero attached hydrogens (tertiary/aromatic N) is 2. The van der Waals surface area contributed by atoms with Crippen molar-refractivity contribution >= 4 is 11.8 Å². The highest BCUT2D eigenvalue weighted by Crippen LogP contribution is 2.23. The smallest absolute Gasteiger partial charge is 0.253 e. The van der Waals surface area contributed by atoms with Gasteiger partial charge in [-0.15, -0.1) is 0 Å². The third kappa shape index (κ3) is 3.90. The van der Waals surface area contributed by atoms with Gasteiger partial charge in [-0.25, -0.2) is 0 Å². The number of ether oxygens (including phenoxy) is 1. The fourth-order valence-corrected chi connectivity index (χ4v) is 3.81. The van der Waals surface area contributed by atoms with Crippen LogP contribution >= 0.6 is 0 Å². The maximum Gasteiger partial charge on any atom is 0.253 e. The third-order valence-electron chi connectivity index (χ3n) is 5.32. The Bertz CT molecular complexity index is 779. The molecule has 0 unspecified atom stereocenters. The van der Waals surface area contributed by atoms with Crippen molar-refractivity contribution in [3.05, 3.63) is 48.2 Å². The normalized spacial score (nSPS) is 20.5. The van der Waals surface area contributed by atoms with Crippen LogP contribution in [0.15, 0.2) is 47.1 Å². The zero-order chi connectivity index (χ0) is 18.6. The third-order valence-corrected chi connectivity index (χ3v) is 5.32. The first-order chi connectivity index (χ1) is 13.2. The van der Waals surface area contributed by atoms with E-state index in [1.807, 2.05) is 46.2 Å². The Hall–Kier alpha value is -2.60. The number of benzene rings is 1. The van der Waals surface area contributed by atoms with Crippen LogP contribution in [0.25, 0.3) is 11.3 Å². The van der Waals surface area contributed by atoms with E-state index >= 15 is 0 Å². The van der Waals surface area contributed by atoms with Crippen molar-refractivity contribution in [2.24, 2.45) is 5.92 Å². The topological polar surface area (TPSA) is 63.0 Å². The molecule has 4 rings (SSSR count). The van der Waals surface area contributed by atoms with Gasteiger partial charge in [0.25, 0.3) is 5.91 Å². The van der Waals surface area contributed by atoms with Crippen LogP contribution in [-0.2, 0) is 9.53 Å². The Morgan fingerprint density at radius 3 is 2.44 bits per heavy atom. The van der Waals surface area contributed by atoms with Crippen molar-refractivity contribution in [2.45, 2.75) is 12.8 Å². The quantitative estimate of drug-likeness (QED) is 0.836. The fraction of sp³-hybridized carbons (Fsp3) is 0.429. The second-order valence-corrected chi connectivity index (χ2v) is 7.08. The van der Waals surface area contributed by atoms with E-state index in [2.05, 4.69) is 0 Å².